The first-order valence-electron chi connectivity index (χ1n) is 6.89. The smallest absolute Gasteiger partial charge is 0.870 e. The van der Waals surface area contributed by atoms with E-state index in [0.717, 1.165) is 4.31 Å². The maximum atomic E-state index is 12.5. The molecule has 0 unspecified atom stereocenters. The number of hydrogen-bond donors (Lipinski definition) is 2. The Morgan fingerprint density at radius 3 is 2.27 bits per heavy atom. The second-order valence-electron chi connectivity index (χ2n) is 5.10. The zero-order valence-electron chi connectivity index (χ0n) is 14.2. The number of nitrogens with one attached hydrogen (secondary N) is 2. The molecule has 7 nitrogen and oxygen atoms in total. The summed E-state index contributed by atoms with van der Waals surface area (Å²) >= 11 is 9.16. The molecule has 0 aliphatic heterocycles. The number of halogens is 2. The number of para-hydroxylation sites is 1. The van der Waals surface area contributed by atoms with Crippen molar-refractivity contribution in [3.63, 3.8) is 0 Å². The molecular formula is C15H14BrClKN3O4S. The van der Waals surface area contributed by atoms with E-state index in [9.17, 15) is 18.3 Å². The molecule has 0 heterocycles. The predicted molar refractivity (Wildman–Crippen MR) is 98.6 cm³/mol. The quantitative estimate of drug-likeness (QED) is 0.597. The molecule has 2 aromatic rings. The number of hydrogen-bond acceptors (Lipinski definition) is 4. The SMILES string of the molecule is CN(C)S(=O)(=O)c1c(Cl)ccc(NC(=O)Nc2ccccc2Br)c1[O-].[K+]. The Hall–Kier alpha value is -0.174. The fourth-order valence-corrected chi connectivity index (χ4v) is 3.75. The van der Waals surface area contributed by atoms with Gasteiger partial charge in [0, 0.05) is 24.3 Å². The van der Waals surface area contributed by atoms with Crippen LogP contribution in [0, 0.1) is 0 Å². The summed E-state index contributed by atoms with van der Waals surface area (Å²) in [5.41, 5.74) is 0.289. The van der Waals surface area contributed by atoms with E-state index in [-0.39, 0.29) is 62.1 Å². The second-order valence-corrected chi connectivity index (χ2v) is 8.45. The van der Waals surface area contributed by atoms with Gasteiger partial charge in [0.1, 0.15) is 0 Å². The van der Waals surface area contributed by atoms with Crippen molar-refractivity contribution in [3.05, 3.63) is 45.9 Å². The molecular weight excluding hydrogens is 473 g/mol. The number of sulfonamides is 1. The van der Waals surface area contributed by atoms with Crippen molar-refractivity contribution in [1.82, 2.24) is 4.31 Å². The summed E-state index contributed by atoms with van der Waals surface area (Å²) < 4.78 is 26.0. The summed E-state index contributed by atoms with van der Waals surface area (Å²) in [7, 11) is -1.49. The fourth-order valence-electron chi connectivity index (χ4n) is 1.90. The van der Waals surface area contributed by atoms with Gasteiger partial charge in [-0.05, 0) is 40.2 Å². The van der Waals surface area contributed by atoms with Crippen LogP contribution in [0.5, 0.6) is 5.75 Å². The molecule has 0 aliphatic rings. The Labute approximate surface area is 207 Å². The largest absolute Gasteiger partial charge is 1.00 e. The molecule has 2 amide bonds. The van der Waals surface area contributed by atoms with Crippen LogP contribution in [0.4, 0.5) is 16.2 Å². The fraction of sp³-hybridized carbons (Fsp3) is 0.133. The van der Waals surface area contributed by atoms with Crippen molar-refractivity contribution in [3.8, 4) is 5.75 Å². The first kappa shape index (κ1) is 23.9. The number of amides is 2. The van der Waals surface area contributed by atoms with Crippen LogP contribution in [0.2, 0.25) is 5.02 Å². The van der Waals surface area contributed by atoms with Crippen molar-refractivity contribution in [2.24, 2.45) is 0 Å². The van der Waals surface area contributed by atoms with E-state index in [0.29, 0.717) is 10.2 Å². The molecule has 0 saturated heterocycles. The van der Waals surface area contributed by atoms with Crippen LogP contribution in [0.25, 0.3) is 0 Å². The molecule has 0 atom stereocenters. The molecule has 0 radical (unpaired) electrons. The number of carbonyl (C=O) groups excluding carboxylic acids is 1. The van der Waals surface area contributed by atoms with E-state index < -0.39 is 26.7 Å². The minimum Gasteiger partial charge on any atom is -0.870 e. The molecule has 0 bridgehead atoms. The van der Waals surface area contributed by atoms with Crippen LogP contribution in [-0.2, 0) is 10.0 Å². The summed E-state index contributed by atoms with van der Waals surface area (Å²) in [6.45, 7) is 0. The first-order chi connectivity index (χ1) is 11.6. The second kappa shape index (κ2) is 9.85. The van der Waals surface area contributed by atoms with Gasteiger partial charge in [-0.1, -0.05) is 29.5 Å². The molecule has 26 heavy (non-hydrogen) atoms. The number of nitrogens with zero attached hydrogens (tertiary/aromatic N) is 1. The van der Waals surface area contributed by atoms with E-state index in [1.165, 1.54) is 26.2 Å². The van der Waals surface area contributed by atoms with Gasteiger partial charge >= 0.3 is 57.4 Å². The minimum atomic E-state index is -4.05. The summed E-state index contributed by atoms with van der Waals surface area (Å²) in [5.74, 6) is -0.886. The van der Waals surface area contributed by atoms with E-state index in [2.05, 4.69) is 26.6 Å². The standard InChI is InChI=1S/C15H15BrClN3O4S.K/c1-20(2)25(23,24)14-10(17)7-8-12(13(14)21)19-15(22)18-11-6-4-3-5-9(11)16;/h3-8,21H,1-2H3,(H2,18,19,22);/q;+1/p-1. The van der Waals surface area contributed by atoms with Crippen molar-refractivity contribution in [2.45, 2.75) is 4.90 Å². The van der Waals surface area contributed by atoms with Gasteiger partial charge in [-0.3, -0.25) is 0 Å². The van der Waals surface area contributed by atoms with Gasteiger partial charge in [0.2, 0.25) is 10.0 Å². The van der Waals surface area contributed by atoms with E-state index in [4.69, 9.17) is 11.6 Å². The van der Waals surface area contributed by atoms with Gasteiger partial charge in [0.25, 0.3) is 0 Å². The van der Waals surface area contributed by atoms with E-state index >= 15 is 0 Å². The van der Waals surface area contributed by atoms with Crippen molar-refractivity contribution in [2.75, 3.05) is 24.7 Å². The zero-order valence-corrected chi connectivity index (χ0v) is 20.5. The summed E-state index contributed by atoms with van der Waals surface area (Å²) in [6.07, 6.45) is 0. The average Bonchev–Trinajstić information content (AvgIpc) is 2.52. The van der Waals surface area contributed by atoms with Crippen LogP contribution in [0.1, 0.15) is 0 Å². The molecule has 0 saturated carbocycles. The minimum absolute atomic E-state index is 0. The number of benzene rings is 2. The van der Waals surface area contributed by atoms with E-state index in [1.807, 2.05) is 0 Å². The Balaban J connectivity index is 0.00000338. The molecule has 11 heteroatoms. The van der Waals surface area contributed by atoms with Crippen LogP contribution in [0.3, 0.4) is 0 Å². The Bertz CT molecular complexity index is 925. The molecule has 0 spiro atoms. The van der Waals surface area contributed by atoms with Crippen LogP contribution >= 0.6 is 27.5 Å². The Morgan fingerprint density at radius 2 is 1.69 bits per heavy atom. The van der Waals surface area contributed by atoms with Crippen LogP contribution < -0.4 is 67.1 Å². The van der Waals surface area contributed by atoms with Gasteiger partial charge in [-0.15, -0.1) is 0 Å². The zero-order chi connectivity index (χ0) is 18.8. The maximum absolute atomic E-state index is 12.5. The molecule has 0 fully saturated rings. The molecule has 2 rings (SSSR count). The molecule has 134 valence electrons. The van der Waals surface area contributed by atoms with Gasteiger partial charge in [0.05, 0.1) is 15.6 Å². The van der Waals surface area contributed by atoms with Crippen LogP contribution in [-0.4, -0.2) is 32.8 Å². The van der Waals surface area contributed by atoms with Gasteiger partial charge in [0.15, 0.2) is 0 Å². The van der Waals surface area contributed by atoms with Crippen LogP contribution in [0.15, 0.2) is 45.8 Å². The van der Waals surface area contributed by atoms with Crippen molar-refractivity contribution in [1.29, 1.82) is 0 Å². The predicted octanol–water partition coefficient (Wildman–Crippen LogP) is 0.0744. The third-order valence-corrected chi connectivity index (χ3v) is 6.17. The third kappa shape index (κ3) is 5.43. The first-order valence-corrected chi connectivity index (χ1v) is 9.50. The molecule has 2 N–H and O–H groups in total. The summed E-state index contributed by atoms with van der Waals surface area (Å²) in [6, 6.07) is 8.69. The number of urea groups is 1. The summed E-state index contributed by atoms with van der Waals surface area (Å²) in [4.78, 5) is 11.5. The maximum Gasteiger partial charge on any atom is 1.00 e. The van der Waals surface area contributed by atoms with Gasteiger partial charge in [-0.25, -0.2) is 17.5 Å². The monoisotopic (exact) mass is 485 g/mol. The Kier molecular flexibility index (Phi) is 9.04. The van der Waals surface area contributed by atoms with E-state index in [1.54, 1.807) is 24.3 Å². The van der Waals surface area contributed by atoms with Crippen molar-refractivity contribution >= 4 is 55.0 Å². The Morgan fingerprint density at radius 1 is 1.12 bits per heavy atom. The molecule has 0 aliphatic carbocycles. The molecule has 0 aromatic heterocycles. The van der Waals surface area contributed by atoms with Gasteiger partial charge < -0.3 is 15.7 Å². The number of carbonyl (C=O) groups is 1. The van der Waals surface area contributed by atoms with Crippen molar-refractivity contribution < 1.29 is 69.7 Å². The molecule has 2 aromatic carbocycles. The number of anilines is 2. The third-order valence-electron chi connectivity index (χ3n) is 3.17. The summed E-state index contributed by atoms with van der Waals surface area (Å²) in [5, 5.41) is 17.1. The van der Waals surface area contributed by atoms with Gasteiger partial charge in [-0.2, -0.15) is 0 Å². The number of rotatable bonds is 4. The average molecular weight is 487 g/mol. The topological polar surface area (TPSA) is 102 Å². The normalized spacial score (nSPS) is 11.0.